The van der Waals surface area contributed by atoms with Crippen molar-refractivity contribution in [1.82, 2.24) is 0 Å². The molecule has 5 heteroatoms. The van der Waals surface area contributed by atoms with E-state index < -0.39 is 16.2 Å². The first-order valence-electron chi connectivity index (χ1n) is 7.11. The van der Waals surface area contributed by atoms with E-state index in [0.29, 0.717) is 11.8 Å². The summed E-state index contributed by atoms with van der Waals surface area (Å²) in [6.07, 6.45) is 2.76. The van der Waals surface area contributed by atoms with Gasteiger partial charge in [0.25, 0.3) is 10.1 Å². The average Bonchev–Trinajstić information content (AvgIpc) is 2.98. The van der Waals surface area contributed by atoms with E-state index in [2.05, 4.69) is 0 Å². The van der Waals surface area contributed by atoms with Crippen molar-refractivity contribution in [2.24, 2.45) is 17.8 Å². The zero-order valence-electron chi connectivity index (χ0n) is 11.5. The molecule has 0 aliphatic heterocycles. The fraction of sp³-hybridized carbons (Fsp3) is 0.600. The molecule has 2 fully saturated rings. The fourth-order valence-corrected chi connectivity index (χ4v) is 4.50. The van der Waals surface area contributed by atoms with Crippen molar-refractivity contribution in [1.29, 1.82) is 0 Å². The van der Waals surface area contributed by atoms with Crippen LogP contribution in [0.25, 0.3) is 0 Å². The Morgan fingerprint density at radius 1 is 1.20 bits per heavy atom. The topological polar surface area (TPSA) is 63.6 Å². The molecule has 110 valence electrons. The van der Waals surface area contributed by atoms with Gasteiger partial charge in [0.15, 0.2) is 0 Å². The van der Waals surface area contributed by atoms with Gasteiger partial charge in [0, 0.05) is 5.92 Å². The molecule has 0 radical (unpaired) electrons. The van der Waals surface area contributed by atoms with Crippen molar-refractivity contribution in [3.63, 3.8) is 0 Å². The molecule has 0 spiro atoms. The number of aliphatic hydroxyl groups excluding tert-OH is 1. The Morgan fingerprint density at radius 2 is 1.85 bits per heavy atom. The lowest BCUT2D eigenvalue weighted by atomic mass is 9.87. The van der Waals surface area contributed by atoms with E-state index in [0.717, 1.165) is 24.8 Å². The lowest BCUT2D eigenvalue weighted by Gasteiger charge is -2.26. The molecule has 2 aliphatic carbocycles. The minimum Gasteiger partial charge on any atom is -0.392 e. The first-order valence-corrected chi connectivity index (χ1v) is 8.52. The van der Waals surface area contributed by atoms with Gasteiger partial charge in [-0.25, -0.2) is 0 Å². The highest BCUT2D eigenvalue weighted by atomic mass is 32.2. The van der Waals surface area contributed by atoms with Crippen LogP contribution in [0.15, 0.2) is 29.2 Å². The normalized spacial score (nSPS) is 32.7. The smallest absolute Gasteiger partial charge is 0.296 e. The Balaban J connectivity index is 1.67. The number of rotatable bonds is 4. The van der Waals surface area contributed by atoms with Crippen LogP contribution in [0, 0.1) is 24.7 Å². The van der Waals surface area contributed by atoms with E-state index >= 15 is 0 Å². The molecule has 4 atom stereocenters. The number of aryl methyl sites for hydroxylation is 1. The molecule has 1 N–H and O–H groups in total. The van der Waals surface area contributed by atoms with Gasteiger partial charge in [0.2, 0.25) is 0 Å². The maximum atomic E-state index is 12.1. The van der Waals surface area contributed by atoms with Crippen LogP contribution in [0.2, 0.25) is 0 Å². The van der Waals surface area contributed by atoms with Gasteiger partial charge < -0.3 is 5.11 Å². The summed E-state index contributed by atoms with van der Waals surface area (Å²) in [6.45, 7) is 2.00. The van der Waals surface area contributed by atoms with Gasteiger partial charge in [-0.15, -0.1) is 0 Å². The monoisotopic (exact) mass is 296 g/mol. The Bertz CT molecular complexity index is 576. The van der Waals surface area contributed by atoms with Crippen molar-refractivity contribution in [2.45, 2.75) is 37.2 Å². The van der Waals surface area contributed by atoms with Gasteiger partial charge in [-0.05, 0) is 50.2 Å². The van der Waals surface area contributed by atoms with Crippen LogP contribution in [0.1, 0.15) is 24.8 Å². The molecule has 0 saturated heterocycles. The average molecular weight is 296 g/mol. The molecule has 20 heavy (non-hydrogen) atoms. The summed E-state index contributed by atoms with van der Waals surface area (Å²) >= 11 is 0. The van der Waals surface area contributed by atoms with Gasteiger partial charge in [-0.2, -0.15) is 8.42 Å². The lowest BCUT2D eigenvalue weighted by molar-refractivity contribution is 0.0350. The SMILES string of the molecule is Cc1ccc(S(=O)(=O)OCC2C3CCC(C3)C2O)cc1. The van der Waals surface area contributed by atoms with Crippen molar-refractivity contribution in [2.75, 3.05) is 6.61 Å². The van der Waals surface area contributed by atoms with Gasteiger partial charge in [-0.3, -0.25) is 4.18 Å². The molecule has 0 amide bonds. The molecular formula is C15H20O4S. The maximum absolute atomic E-state index is 12.1. The molecule has 4 unspecified atom stereocenters. The maximum Gasteiger partial charge on any atom is 0.296 e. The second kappa shape index (κ2) is 5.13. The fourth-order valence-electron chi connectivity index (χ4n) is 3.56. The van der Waals surface area contributed by atoms with Crippen molar-refractivity contribution in [3.05, 3.63) is 29.8 Å². The summed E-state index contributed by atoms with van der Waals surface area (Å²) in [5.41, 5.74) is 1.01. The Kier molecular flexibility index (Phi) is 3.60. The van der Waals surface area contributed by atoms with E-state index in [1.807, 2.05) is 6.92 Å². The highest BCUT2D eigenvalue weighted by Crippen LogP contribution is 2.48. The minimum atomic E-state index is -3.72. The van der Waals surface area contributed by atoms with Crippen molar-refractivity contribution >= 4 is 10.1 Å². The van der Waals surface area contributed by atoms with Gasteiger partial charge in [0.1, 0.15) is 0 Å². The van der Waals surface area contributed by atoms with Crippen LogP contribution in [-0.4, -0.2) is 26.2 Å². The molecule has 2 bridgehead atoms. The molecule has 4 nitrogen and oxygen atoms in total. The molecule has 2 saturated carbocycles. The number of fused-ring (bicyclic) bond motifs is 2. The van der Waals surface area contributed by atoms with Gasteiger partial charge in [0.05, 0.1) is 17.6 Å². The quantitative estimate of drug-likeness (QED) is 0.864. The highest BCUT2D eigenvalue weighted by Gasteiger charge is 2.47. The second-order valence-electron chi connectivity index (χ2n) is 6.04. The van der Waals surface area contributed by atoms with E-state index in [1.54, 1.807) is 24.3 Å². The van der Waals surface area contributed by atoms with Crippen molar-refractivity contribution < 1.29 is 17.7 Å². The third-order valence-electron chi connectivity index (χ3n) is 4.77. The number of benzene rings is 1. The molecular weight excluding hydrogens is 276 g/mol. The lowest BCUT2D eigenvalue weighted by Crippen LogP contribution is -2.31. The zero-order valence-corrected chi connectivity index (χ0v) is 12.3. The van der Waals surface area contributed by atoms with Crippen LogP contribution in [-0.2, 0) is 14.3 Å². The van der Waals surface area contributed by atoms with Crippen LogP contribution in [0.3, 0.4) is 0 Å². The van der Waals surface area contributed by atoms with Crippen LogP contribution in [0.4, 0.5) is 0 Å². The summed E-state index contributed by atoms with van der Waals surface area (Å²) in [6, 6.07) is 6.62. The first kappa shape index (κ1) is 14.0. The summed E-state index contributed by atoms with van der Waals surface area (Å²) in [4.78, 5) is 0.181. The molecule has 2 aliphatic rings. The Hall–Kier alpha value is -0.910. The van der Waals surface area contributed by atoms with Crippen molar-refractivity contribution in [3.8, 4) is 0 Å². The summed E-state index contributed by atoms with van der Waals surface area (Å²) in [5.74, 6) is 0.730. The Morgan fingerprint density at radius 3 is 2.45 bits per heavy atom. The molecule has 0 heterocycles. The number of aliphatic hydroxyl groups is 1. The third-order valence-corrected chi connectivity index (χ3v) is 6.06. The third kappa shape index (κ3) is 2.50. The summed E-state index contributed by atoms with van der Waals surface area (Å²) < 4.78 is 29.4. The van der Waals surface area contributed by atoms with E-state index in [-0.39, 0.29) is 17.4 Å². The first-order chi connectivity index (χ1) is 9.47. The predicted molar refractivity (Wildman–Crippen MR) is 74.6 cm³/mol. The minimum absolute atomic E-state index is 0.0334. The van der Waals surface area contributed by atoms with E-state index in [4.69, 9.17) is 4.18 Å². The highest BCUT2D eigenvalue weighted by molar-refractivity contribution is 7.86. The molecule has 3 rings (SSSR count). The molecule has 0 aromatic heterocycles. The van der Waals surface area contributed by atoms with Crippen LogP contribution in [0.5, 0.6) is 0 Å². The number of hydrogen-bond acceptors (Lipinski definition) is 4. The molecule has 1 aromatic rings. The summed E-state index contributed by atoms with van der Waals surface area (Å²) in [7, 11) is -3.72. The zero-order chi connectivity index (χ0) is 14.3. The van der Waals surface area contributed by atoms with E-state index in [1.165, 1.54) is 0 Å². The van der Waals surface area contributed by atoms with Gasteiger partial charge >= 0.3 is 0 Å². The Labute approximate surface area is 119 Å². The largest absolute Gasteiger partial charge is 0.392 e. The number of hydrogen-bond donors (Lipinski definition) is 1. The second-order valence-corrected chi connectivity index (χ2v) is 7.65. The standard InChI is InChI=1S/C15H20O4S/c1-10-2-6-13(7-3-10)20(17,18)19-9-14-11-4-5-12(8-11)15(14)16/h2-3,6-7,11-12,14-16H,4-5,8-9H2,1H3. The van der Waals surface area contributed by atoms with Crippen LogP contribution < -0.4 is 0 Å². The predicted octanol–water partition coefficient (Wildman–Crippen LogP) is 2.11. The van der Waals surface area contributed by atoms with E-state index in [9.17, 15) is 13.5 Å². The summed E-state index contributed by atoms with van der Waals surface area (Å²) in [5, 5.41) is 10.1. The van der Waals surface area contributed by atoms with Gasteiger partial charge in [-0.1, -0.05) is 17.7 Å². The molecule has 1 aromatic carbocycles. The van der Waals surface area contributed by atoms with Crippen LogP contribution >= 0.6 is 0 Å².